The molecule has 1 fully saturated rings. The standard InChI is InChI=1S/C24H27ClN4O2/c1-29(20-5-3-2-4-6-20)24(31)21-12-11-19(15-22(21)25)27-16-23(30)28-18-9-7-17(8-10-18)13-14-26/h7-12,15,20,27H,2-6,13,16H2,1H3,(H,28,30). The fraction of sp³-hybridized carbons (Fsp3) is 0.375. The van der Waals surface area contributed by atoms with Crippen molar-refractivity contribution in [1.82, 2.24) is 4.90 Å². The molecule has 1 saturated carbocycles. The first-order valence-electron chi connectivity index (χ1n) is 10.5. The average molecular weight is 439 g/mol. The van der Waals surface area contributed by atoms with Gasteiger partial charge in [0.25, 0.3) is 5.91 Å². The maximum absolute atomic E-state index is 12.8. The molecular formula is C24H27ClN4O2. The van der Waals surface area contributed by atoms with Crippen LogP contribution in [0.4, 0.5) is 11.4 Å². The number of halogens is 1. The van der Waals surface area contributed by atoms with Gasteiger partial charge in [-0.05, 0) is 48.7 Å². The van der Waals surface area contributed by atoms with Crippen LogP contribution >= 0.6 is 11.6 Å². The van der Waals surface area contributed by atoms with Gasteiger partial charge in [-0.1, -0.05) is 43.0 Å². The number of hydrogen-bond donors (Lipinski definition) is 2. The van der Waals surface area contributed by atoms with Gasteiger partial charge >= 0.3 is 0 Å². The first kappa shape index (κ1) is 22.6. The Labute approximate surface area is 188 Å². The van der Waals surface area contributed by atoms with Crippen molar-refractivity contribution in [3.05, 3.63) is 58.6 Å². The molecule has 0 aliphatic heterocycles. The van der Waals surface area contributed by atoms with E-state index in [9.17, 15) is 9.59 Å². The van der Waals surface area contributed by atoms with E-state index in [4.69, 9.17) is 16.9 Å². The molecule has 0 unspecified atom stereocenters. The minimum Gasteiger partial charge on any atom is -0.376 e. The lowest BCUT2D eigenvalue weighted by Crippen LogP contribution is -2.38. The average Bonchev–Trinajstić information content (AvgIpc) is 2.79. The van der Waals surface area contributed by atoms with Gasteiger partial charge in [0.15, 0.2) is 0 Å². The largest absolute Gasteiger partial charge is 0.376 e. The SMILES string of the molecule is CN(C(=O)c1ccc(NCC(=O)Nc2ccc(CC#N)cc2)cc1Cl)C1CCCCC1. The van der Waals surface area contributed by atoms with Crippen LogP contribution in [0.15, 0.2) is 42.5 Å². The molecule has 0 aromatic heterocycles. The van der Waals surface area contributed by atoms with Crippen molar-refractivity contribution in [2.75, 3.05) is 24.2 Å². The lowest BCUT2D eigenvalue weighted by atomic mass is 9.94. The van der Waals surface area contributed by atoms with Gasteiger partial charge in [-0.3, -0.25) is 9.59 Å². The second-order valence-corrected chi connectivity index (χ2v) is 8.24. The Morgan fingerprint density at radius 3 is 2.42 bits per heavy atom. The van der Waals surface area contributed by atoms with E-state index in [1.165, 1.54) is 6.42 Å². The first-order chi connectivity index (χ1) is 15.0. The highest BCUT2D eigenvalue weighted by atomic mass is 35.5. The number of rotatable bonds is 7. The topological polar surface area (TPSA) is 85.2 Å². The van der Waals surface area contributed by atoms with Crippen LogP contribution < -0.4 is 10.6 Å². The minimum absolute atomic E-state index is 0.0611. The molecule has 3 rings (SSSR count). The van der Waals surface area contributed by atoms with Gasteiger partial charge in [0.05, 0.1) is 29.6 Å². The molecule has 0 bridgehead atoms. The van der Waals surface area contributed by atoms with Crippen molar-refractivity contribution in [1.29, 1.82) is 5.26 Å². The molecule has 0 heterocycles. The second kappa shape index (κ2) is 10.8. The molecule has 7 heteroatoms. The lowest BCUT2D eigenvalue weighted by Gasteiger charge is -2.31. The zero-order valence-corrected chi connectivity index (χ0v) is 18.4. The molecule has 1 aliphatic rings. The van der Waals surface area contributed by atoms with Crippen molar-refractivity contribution >= 4 is 34.8 Å². The number of nitrogens with one attached hydrogen (secondary N) is 2. The maximum Gasteiger partial charge on any atom is 0.255 e. The van der Waals surface area contributed by atoms with Crippen LogP contribution in [0.25, 0.3) is 0 Å². The summed E-state index contributed by atoms with van der Waals surface area (Å²) in [6, 6.07) is 14.7. The molecule has 1 aliphatic carbocycles. The number of carbonyl (C=O) groups excluding carboxylic acids is 2. The summed E-state index contributed by atoms with van der Waals surface area (Å²) in [5, 5.41) is 14.9. The molecule has 2 aromatic carbocycles. The van der Waals surface area contributed by atoms with Crippen LogP contribution in [0.3, 0.4) is 0 Å². The third kappa shape index (κ3) is 6.22. The number of hydrogen-bond acceptors (Lipinski definition) is 4. The van der Waals surface area contributed by atoms with Gasteiger partial charge in [-0.15, -0.1) is 0 Å². The minimum atomic E-state index is -0.207. The van der Waals surface area contributed by atoms with Gasteiger partial charge in [-0.25, -0.2) is 0 Å². The highest BCUT2D eigenvalue weighted by molar-refractivity contribution is 6.34. The molecule has 0 atom stereocenters. The molecular weight excluding hydrogens is 412 g/mol. The summed E-state index contributed by atoms with van der Waals surface area (Å²) < 4.78 is 0. The van der Waals surface area contributed by atoms with Crippen LogP contribution in [0.5, 0.6) is 0 Å². The second-order valence-electron chi connectivity index (χ2n) is 7.84. The summed E-state index contributed by atoms with van der Waals surface area (Å²) in [6.07, 6.45) is 5.96. The molecule has 162 valence electrons. The number of carbonyl (C=O) groups is 2. The van der Waals surface area contributed by atoms with Crippen molar-refractivity contribution < 1.29 is 9.59 Å². The molecule has 6 nitrogen and oxygen atoms in total. The molecule has 2 aromatic rings. The Balaban J connectivity index is 1.54. The van der Waals surface area contributed by atoms with Crippen molar-refractivity contribution in [3.63, 3.8) is 0 Å². The molecule has 0 spiro atoms. The summed E-state index contributed by atoms with van der Waals surface area (Å²) >= 11 is 6.38. The third-order valence-corrected chi connectivity index (χ3v) is 5.93. The van der Waals surface area contributed by atoms with Gasteiger partial charge in [-0.2, -0.15) is 5.26 Å². The number of nitrogens with zero attached hydrogens (tertiary/aromatic N) is 2. The van der Waals surface area contributed by atoms with Crippen LogP contribution in [0, 0.1) is 11.3 Å². The Bertz CT molecular complexity index is 963. The van der Waals surface area contributed by atoms with E-state index < -0.39 is 0 Å². The lowest BCUT2D eigenvalue weighted by molar-refractivity contribution is -0.114. The van der Waals surface area contributed by atoms with Gasteiger partial charge < -0.3 is 15.5 Å². The van der Waals surface area contributed by atoms with E-state index in [-0.39, 0.29) is 24.4 Å². The van der Waals surface area contributed by atoms with Gasteiger partial charge in [0.1, 0.15) is 0 Å². The molecule has 2 N–H and O–H groups in total. The predicted octanol–water partition coefficient (Wildman–Crippen LogP) is 4.86. The van der Waals surface area contributed by atoms with Crippen molar-refractivity contribution in [3.8, 4) is 6.07 Å². The molecule has 0 radical (unpaired) electrons. The maximum atomic E-state index is 12.8. The van der Waals surface area contributed by atoms with Crippen LogP contribution in [-0.4, -0.2) is 36.3 Å². The molecule has 2 amide bonds. The van der Waals surface area contributed by atoms with Gasteiger partial charge in [0.2, 0.25) is 5.91 Å². The highest BCUT2D eigenvalue weighted by Gasteiger charge is 2.24. The number of anilines is 2. The van der Waals surface area contributed by atoms with E-state index in [1.54, 1.807) is 30.3 Å². The Morgan fingerprint density at radius 2 is 1.77 bits per heavy atom. The predicted molar refractivity (Wildman–Crippen MR) is 123 cm³/mol. The summed E-state index contributed by atoms with van der Waals surface area (Å²) in [7, 11) is 1.85. The van der Waals surface area contributed by atoms with E-state index in [0.717, 1.165) is 31.2 Å². The first-order valence-corrected chi connectivity index (χ1v) is 10.9. The van der Waals surface area contributed by atoms with E-state index in [2.05, 4.69) is 16.7 Å². The van der Waals surface area contributed by atoms with E-state index in [1.807, 2.05) is 24.1 Å². The van der Waals surface area contributed by atoms with Crippen molar-refractivity contribution in [2.24, 2.45) is 0 Å². The Hall–Kier alpha value is -3.04. The van der Waals surface area contributed by atoms with Crippen LogP contribution in [0.2, 0.25) is 5.02 Å². The fourth-order valence-electron chi connectivity index (χ4n) is 3.81. The third-order valence-electron chi connectivity index (χ3n) is 5.62. The highest BCUT2D eigenvalue weighted by Crippen LogP contribution is 2.26. The molecule has 0 saturated heterocycles. The van der Waals surface area contributed by atoms with Gasteiger partial charge in [0, 0.05) is 24.5 Å². The van der Waals surface area contributed by atoms with E-state index >= 15 is 0 Å². The number of benzene rings is 2. The summed E-state index contributed by atoms with van der Waals surface area (Å²) in [4.78, 5) is 26.9. The van der Waals surface area contributed by atoms with Crippen molar-refractivity contribution in [2.45, 2.75) is 44.6 Å². The quantitative estimate of drug-likeness (QED) is 0.646. The summed E-state index contributed by atoms with van der Waals surface area (Å²) in [5.41, 5.74) is 2.71. The monoisotopic (exact) mass is 438 g/mol. The number of nitriles is 1. The zero-order chi connectivity index (χ0) is 22.2. The Morgan fingerprint density at radius 1 is 1.10 bits per heavy atom. The fourth-order valence-corrected chi connectivity index (χ4v) is 4.07. The Kier molecular flexibility index (Phi) is 7.91. The normalized spacial score (nSPS) is 13.8. The summed E-state index contributed by atoms with van der Waals surface area (Å²) in [5.74, 6) is -0.276. The smallest absolute Gasteiger partial charge is 0.255 e. The zero-order valence-electron chi connectivity index (χ0n) is 17.7. The number of amides is 2. The van der Waals surface area contributed by atoms with Crippen LogP contribution in [0.1, 0.15) is 48.0 Å². The molecule has 31 heavy (non-hydrogen) atoms. The van der Waals surface area contributed by atoms with E-state index in [0.29, 0.717) is 28.4 Å². The summed E-state index contributed by atoms with van der Waals surface area (Å²) in [6.45, 7) is 0.0611. The van der Waals surface area contributed by atoms with Crippen LogP contribution in [-0.2, 0) is 11.2 Å².